The minimum absolute atomic E-state index is 0.116. The lowest BCUT2D eigenvalue weighted by Crippen LogP contribution is -2.27. The Morgan fingerprint density at radius 1 is 1.25 bits per heavy atom. The molecule has 6 nitrogen and oxygen atoms in total. The topological polar surface area (TPSA) is 74.3 Å². The summed E-state index contributed by atoms with van der Waals surface area (Å²) in [5.41, 5.74) is 2.76. The van der Waals surface area contributed by atoms with Gasteiger partial charge in [-0.25, -0.2) is 14.2 Å². The highest BCUT2D eigenvalue weighted by molar-refractivity contribution is 7.13. The molecule has 3 amide bonds. The van der Waals surface area contributed by atoms with Gasteiger partial charge in [0, 0.05) is 35.4 Å². The van der Waals surface area contributed by atoms with Gasteiger partial charge in [-0.1, -0.05) is 12.1 Å². The van der Waals surface area contributed by atoms with Crippen molar-refractivity contribution in [3.8, 4) is 10.6 Å². The van der Waals surface area contributed by atoms with Crippen LogP contribution in [0.25, 0.3) is 10.6 Å². The molecule has 1 aromatic heterocycles. The SMILES string of the molecule is O=C(Cc1csc(-c2cccc(F)c2)n1)Nc1ccc(N2CCNC2=O)cc1. The molecule has 2 N–H and O–H groups in total. The molecular formula is C20H17FN4O2S. The normalized spacial score (nSPS) is 13.5. The Kier molecular flexibility index (Phi) is 5.03. The van der Waals surface area contributed by atoms with Crippen LogP contribution >= 0.6 is 11.3 Å². The molecule has 1 saturated heterocycles. The van der Waals surface area contributed by atoms with Gasteiger partial charge in [-0.05, 0) is 36.4 Å². The molecule has 1 aliphatic rings. The third kappa shape index (κ3) is 4.01. The van der Waals surface area contributed by atoms with Crippen molar-refractivity contribution in [2.75, 3.05) is 23.3 Å². The molecule has 1 aliphatic heterocycles. The Balaban J connectivity index is 1.37. The number of benzene rings is 2. The third-order valence-electron chi connectivity index (χ3n) is 4.28. The number of hydrogen-bond acceptors (Lipinski definition) is 4. The van der Waals surface area contributed by atoms with Crippen LogP contribution in [0.1, 0.15) is 5.69 Å². The molecule has 0 bridgehead atoms. The summed E-state index contributed by atoms with van der Waals surface area (Å²) in [6.45, 7) is 1.25. The summed E-state index contributed by atoms with van der Waals surface area (Å²) in [7, 11) is 0. The minimum atomic E-state index is -0.318. The van der Waals surface area contributed by atoms with Gasteiger partial charge < -0.3 is 10.6 Å². The summed E-state index contributed by atoms with van der Waals surface area (Å²) < 4.78 is 13.3. The lowest BCUT2D eigenvalue weighted by atomic mass is 10.2. The second-order valence-corrected chi connectivity index (χ2v) is 7.17. The fourth-order valence-electron chi connectivity index (χ4n) is 2.95. The molecule has 0 unspecified atom stereocenters. The van der Waals surface area contributed by atoms with Crippen LogP contribution in [0.3, 0.4) is 0 Å². The number of anilines is 2. The molecule has 8 heteroatoms. The Hall–Kier alpha value is -3.26. The van der Waals surface area contributed by atoms with Crippen LogP contribution in [0.4, 0.5) is 20.6 Å². The monoisotopic (exact) mass is 396 g/mol. The Morgan fingerprint density at radius 2 is 2.07 bits per heavy atom. The molecule has 0 saturated carbocycles. The number of nitrogens with zero attached hydrogens (tertiary/aromatic N) is 2. The average Bonchev–Trinajstić information content (AvgIpc) is 3.31. The van der Waals surface area contributed by atoms with Crippen molar-refractivity contribution in [3.05, 3.63) is 65.4 Å². The van der Waals surface area contributed by atoms with Crippen molar-refractivity contribution in [1.29, 1.82) is 0 Å². The van der Waals surface area contributed by atoms with E-state index in [2.05, 4.69) is 15.6 Å². The maximum Gasteiger partial charge on any atom is 0.321 e. The fraction of sp³-hybridized carbons (Fsp3) is 0.150. The number of nitrogens with one attached hydrogen (secondary N) is 2. The van der Waals surface area contributed by atoms with E-state index >= 15 is 0 Å². The van der Waals surface area contributed by atoms with Gasteiger partial charge in [0.15, 0.2) is 0 Å². The second kappa shape index (κ2) is 7.77. The van der Waals surface area contributed by atoms with Crippen LogP contribution in [0, 0.1) is 5.82 Å². The first kappa shape index (κ1) is 18.1. The van der Waals surface area contributed by atoms with Crippen molar-refractivity contribution in [2.45, 2.75) is 6.42 Å². The summed E-state index contributed by atoms with van der Waals surface area (Å²) in [4.78, 5) is 30.0. The first-order valence-corrected chi connectivity index (χ1v) is 9.62. The fourth-order valence-corrected chi connectivity index (χ4v) is 3.77. The second-order valence-electron chi connectivity index (χ2n) is 6.31. The first-order chi connectivity index (χ1) is 13.6. The van der Waals surface area contributed by atoms with E-state index in [1.54, 1.807) is 46.7 Å². The molecule has 0 aliphatic carbocycles. The van der Waals surface area contributed by atoms with Gasteiger partial charge >= 0.3 is 6.03 Å². The first-order valence-electron chi connectivity index (χ1n) is 8.74. The number of carbonyl (C=O) groups is 2. The van der Waals surface area contributed by atoms with Crippen molar-refractivity contribution in [1.82, 2.24) is 10.3 Å². The number of thiazole rings is 1. The van der Waals surface area contributed by atoms with E-state index in [-0.39, 0.29) is 24.2 Å². The van der Waals surface area contributed by atoms with Crippen LogP contribution in [0.5, 0.6) is 0 Å². The van der Waals surface area contributed by atoms with E-state index in [4.69, 9.17) is 0 Å². The molecule has 3 aromatic rings. The molecule has 0 spiro atoms. The van der Waals surface area contributed by atoms with Gasteiger partial charge in [-0.2, -0.15) is 0 Å². The lowest BCUT2D eigenvalue weighted by Gasteiger charge is -2.14. The molecular weight excluding hydrogens is 379 g/mol. The number of rotatable bonds is 5. The van der Waals surface area contributed by atoms with E-state index in [0.717, 1.165) is 5.69 Å². The van der Waals surface area contributed by atoms with Gasteiger partial charge in [0.2, 0.25) is 5.91 Å². The number of amides is 3. The van der Waals surface area contributed by atoms with E-state index in [1.165, 1.54) is 23.5 Å². The van der Waals surface area contributed by atoms with Crippen molar-refractivity contribution in [2.24, 2.45) is 0 Å². The summed E-state index contributed by atoms with van der Waals surface area (Å²) in [6.07, 6.45) is 0.127. The number of carbonyl (C=O) groups excluding carboxylic acids is 2. The Morgan fingerprint density at radius 3 is 2.79 bits per heavy atom. The summed E-state index contributed by atoms with van der Waals surface area (Å²) in [5, 5.41) is 8.05. The summed E-state index contributed by atoms with van der Waals surface area (Å²) >= 11 is 1.37. The highest BCUT2D eigenvalue weighted by Gasteiger charge is 2.20. The maximum absolute atomic E-state index is 13.3. The molecule has 2 heterocycles. The quantitative estimate of drug-likeness (QED) is 0.691. The number of aromatic nitrogens is 1. The zero-order chi connectivity index (χ0) is 19.5. The zero-order valence-corrected chi connectivity index (χ0v) is 15.6. The molecule has 4 rings (SSSR count). The van der Waals surface area contributed by atoms with Crippen LogP contribution in [-0.4, -0.2) is 30.0 Å². The van der Waals surface area contributed by atoms with E-state index in [0.29, 0.717) is 35.0 Å². The molecule has 0 atom stereocenters. The highest BCUT2D eigenvalue weighted by atomic mass is 32.1. The predicted molar refractivity (Wildman–Crippen MR) is 107 cm³/mol. The van der Waals surface area contributed by atoms with Crippen molar-refractivity contribution in [3.63, 3.8) is 0 Å². The van der Waals surface area contributed by atoms with Crippen molar-refractivity contribution >= 4 is 34.6 Å². The zero-order valence-electron chi connectivity index (χ0n) is 14.8. The van der Waals surface area contributed by atoms with Gasteiger partial charge in [0.1, 0.15) is 10.8 Å². The highest BCUT2D eigenvalue weighted by Crippen LogP contribution is 2.25. The molecule has 2 aromatic carbocycles. The van der Waals surface area contributed by atoms with E-state index < -0.39 is 0 Å². The van der Waals surface area contributed by atoms with Crippen LogP contribution in [0.15, 0.2) is 53.9 Å². The van der Waals surface area contributed by atoms with Crippen LogP contribution in [-0.2, 0) is 11.2 Å². The van der Waals surface area contributed by atoms with Crippen molar-refractivity contribution < 1.29 is 14.0 Å². The molecule has 28 heavy (non-hydrogen) atoms. The largest absolute Gasteiger partial charge is 0.336 e. The molecule has 142 valence electrons. The van der Waals surface area contributed by atoms with Gasteiger partial charge in [-0.15, -0.1) is 11.3 Å². The molecule has 1 fully saturated rings. The van der Waals surface area contributed by atoms with Gasteiger partial charge in [0.25, 0.3) is 0 Å². The Bertz CT molecular complexity index is 1020. The molecule has 0 radical (unpaired) electrons. The number of hydrogen-bond donors (Lipinski definition) is 2. The lowest BCUT2D eigenvalue weighted by molar-refractivity contribution is -0.115. The van der Waals surface area contributed by atoms with Gasteiger partial charge in [-0.3, -0.25) is 9.69 Å². The number of halogens is 1. The van der Waals surface area contributed by atoms with Crippen LogP contribution < -0.4 is 15.5 Å². The average molecular weight is 396 g/mol. The Labute approximate surface area is 165 Å². The smallest absolute Gasteiger partial charge is 0.321 e. The van der Waals surface area contributed by atoms with Gasteiger partial charge in [0.05, 0.1) is 12.1 Å². The third-order valence-corrected chi connectivity index (χ3v) is 5.22. The maximum atomic E-state index is 13.3. The van der Waals surface area contributed by atoms with E-state index in [1.807, 2.05) is 0 Å². The minimum Gasteiger partial charge on any atom is -0.336 e. The predicted octanol–water partition coefficient (Wildman–Crippen LogP) is 3.66. The van der Waals surface area contributed by atoms with E-state index in [9.17, 15) is 14.0 Å². The van der Waals surface area contributed by atoms with Crippen LogP contribution in [0.2, 0.25) is 0 Å². The summed E-state index contributed by atoms with van der Waals surface area (Å²) in [5.74, 6) is -0.510. The number of urea groups is 1. The summed E-state index contributed by atoms with van der Waals surface area (Å²) in [6, 6.07) is 13.2. The standard InChI is InChI=1S/C20H17FN4O2S/c21-14-3-1-2-13(10-14)19-24-16(12-28-19)11-18(26)23-15-4-6-17(7-5-15)25-9-8-22-20(25)27/h1-7,10,12H,8-9,11H2,(H,22,27)(H,23,26).